The predicted molar refractivity (Wildman–Crippen MR) is 60.1 cm³/mol. The van der Waals surface area contributed by atoms with E-state index in [0.717, 1.165) is 26.2 Å². The molecule has 0 saturated heterocycles. The summed E-state index contributed by atoms with van der Waals surface area (Å²) in [5.74, 6) is 1.42. The van der Waals surface area contributed by atoms with Crippen molar-refractivity contribution in [3.8, 4) is 0 Å². The molecule has 0 aromatic rings. The number of hydrogen-bond donors (Lipinski definition) is 1. The maximum Gasteiger partial charge on any atom is 0.0503 e. The van der Waals surface area contributed by atoms with Crippen molar-refractivity contribution in [3.63, 3.8) is 0 Å². The fourth-order valence-electron chi connectivity index (χ4n) is 2.12. The first-order valence-corrected chi connectivity index (χ1v) is 5.66. The van der Waals surface area contributed by atoms with E-state index in [1.807, 2.05) is 6.92 Å². The molecule has 2 N–H and O–H groups in total. The second-order valence-electron chi connectivity index (χ2n) is 4.47. The molecular weight excluding hydrogens is 174 g/mol. The van der Waals surface area contributed by atoms with E-state index in [1.165, 1.54) is 24.8 Å². The maximum absolute atomic E-state index is 5.71. The summed E-state index contributed by atoms with van der Waals surface area (Å²) in [6.07, 6.45) is 4.91. The van der Waals surface area contributed by atoms with Gasteiger partial charge in [0.15, 0.2) is 0 Å². The average Bonchev–Trinajstić information content (AvgIpc) is 2.59. The Morgan fingerprint density at radius 2 is 2.14 bits per heavy atom. The molecule has 1 fully saturated rings. The monoisotopic (exact) mass is 197 g/mol. The van der Waals surface area contributed by atoms with Gasteiger partial charge in [-0.25, -0.2) is 0 Å². The molecule has 0 heterocycles. The van der Waals surface area contributed by atoms with Crippen LogP contribution in [0.15, 0.2) is 12.2 Å². The Kier molecular flexibility index (Phi) is 5.20. The van der Waals surface area contributed by atoms with Gasteiger partial charge in [-0.3, -0.25) is 0 Å². The second kappa shape index (κ2) is 6.20. The van der Waals surface area contributed by atoms with Gasteiger partial charge in [-0.15, -0.1) is 6.58 Å². The van der Waals surface area contributed by atoms with Gasteiger partial charge in [-0.1, -0.05) is 12.0 Å². The molecule has 2 nitrogen and oxygen atoms in total. The number of hydrogen-bond acceptors (Lipinski definition) is 2. The first-order chi connectivity index (χ1) is 6.74. The molecule has 0 bridgehead atoms. The Labute approximate surface area is 87.5 Å². The second-order valence-corrected chi connectivity index (χ2v) is 4.47. The lowest BCUT2D eigenvalue weighted by Crippen LogP contribution is -2.22. The molecule has 1 saturated carbocycles. The third-order valence-electron chi connectivity index (χ3n) is 3.12. The fourth-order valence-corrected chi connectivity index (χ4v) is 2.12. The lowest BCUT2D eigenvalue weighted by Gasteiger charge is -2.17. The Hall–Kier alpha value is -0.340. The summed E-state index contributed by atoms with van der Waals surface area (Å²) in [6, 6.07) is 0. The van der Waals surface area contributed by atoms with Crippen LogP contribution in [0, 0.1) is 11.8 Å². The minimum atomic E-state index is 0.708. The standard InChI is InChI=1S/C12H23NO/c1-10(2)6-7-14-9-12-5-3-4-11(12)8-13/h11-12H,1,3-9,13H2,2H3. The summed E-state index contributed by atoms with van der Waals surface area (Å²) in [5, 5.41) is 0. The van der Waals surface area contributed by atoms with Gasteiger partial charge in [0.1, 0.15) is 0 Å². The smallest absolute Gasteiger partial charge is 0.0503 e. The molecule has 0 aliphatic heterocycles. The molecule has 0 amide bonds. The first-order valence-electron chi connectivity index (χ1n) is 5.66. The van der Waals surface area contributed by atoms with Gasteiger partial charge in [0.25, 0.3) is 0 Å². The van der Waals surface area contributed by atoms with Crippen molar-refractivity contribution in [3.05, 3.63) is 12.2 Å². The maximum atomic E-state index is 5.71. The van der Waals surface area contributed by atoms with Crippen molar-refractivity contribution in [2.75, 3.05) is 19.8 Å². The van der Waals surface area contributed by atoms with E-state index in [0.29, 0.717) is 11.8 Å². The number of rotatable bonds is 6. The summed E-state index contributed by atoms with van der Waals surface area (Å²) in [4.78, 5) is 0. The highest BCUT2D eigenvalue weighted by molar-refractivity contribution is 4.87. The van der Waals surface area contributed by atoms with Crippen molar-refractivity contribution in [2.24, 2.45) is 17.6 Å². The highest BCUT2D eigenvalue weighted by Crippen LogP contribution is 2.30. The molecule has 2 unspecified atom stereocenters. The van der Waals surface area contributed by atoms with Crippen molar-refractivity contribution in [1.82, 2.24) is 0 Å². The van der Waals surface area contributed by atoms with Gasteiger partial charge < -0.3 is 10.5 Å². The van der Waals surface area contributed by atoms with E-state index < -0.39 is 0 Å². The van der Waals surface area contributed by atoms with E-state index in [-0.39, 0.29) is 0 Å². The van der Waals surface area contributed by atoms with Crippen molar-refractivity contribution in [2.45, 2.75) is 32.6 Å². The summed E-state index contributed by atoms with van der Waals surface area (Å²) < 4.78 is 5.64. The molecule has 0 spiro atoms. The zero-order chi connectivity index (χ0) is 10.4. The van der Waals surface area contributed by atoms with Gasteiger partial charge in [-0.2, -0.15) is 0 Å². The third-order valence-corrected chi connectivity index (χ3v) is 3.12. The van der Waals surface area contributed by atoms with E-state index in [2.05, 4.69) is 6.58 Å². The van der Waals surface area contributed by atoms with Crippen LogP contribution in [0.2, 0.25) is 0 Å². The lowest BCUT2D eigenvalue weighted by molar-refractivity contribution is 0.0892. The molecule has 1 aliphatic rings. The predicted octanol–water partition coefficient (Wildman–Crippen LogP) is 2.34. The van der Waals surface area contributed by atoms with E-state index >= 15 is 0 Å². The van der Waals surface area contributed by atoms with Gasteiger partial charge in [0.2, 0.25) is 0 Å². The molecular formula is C12H23NO. The molecule has 1 rings (SSSR count). The van der Waals surface area contributed by atoms with E-state index in [1.54, 1.807) is 0 Å². The van der Waals surface area contributed by atoms with Crippen LogP contribution in [0.3, 0.4) is 0 Å². The van der Waals surface area contributed by atoms with Crippen molar-refractivity contribution in [1.29, 1.82) is 0 Å². The number of nitrogens with two attached hydrogens (primary N) is 1. The SMILES string of the molecule is C=C(C)CCOCC1CCCC1CN. The fraction of sp³-hybridized carbons (Fsp3) is 0.833. The molecule has 14 heavy (non-hydrogen) atoms. The molecule has 2 heteroatoms. The highest BCUT2D eigenvalue weighted by atomic mass is 16.5. The summed E-state index contributed by atoms with van der Waals surface area (Å²) in [6.45, 7) is 8.45. The van der Waals surface area contributed by atoms with Crippen molar-refractivity contribution < 1.29 is 4.74 Å². The minimum absolute atomic E-state index is 0.708. The molecule has 0 radical (unpaired) electrons. The Morgan fingerprint density at radius 1 is 1.43 bits per heavy atom. The van der Waals surface area contributed by atoms with E-state index in [4.69, 9.17) is 10.5 Å². The molecule has 2 atom stereocenters. The van der Waals surface area contributed by atoms with Gasteiger partial charge in [0.05, 0.1) is 6.61 Å². The van der Waals surface area contributed by atoms with Gasteiger partial charge in [0, 0.05) is 6.61 Å². The minimum Gasteiger partial charge on any atom is -0.381 e. The van der Waals surface area contributed by atoms with Crippen LogP contribution in [0.25, 0.3) is 0 Å². The average molecular weight is 197 g/mol. The largest absolute Gasteiger partial charge is 0.381 e. The Balaban J connectivity index is 2.08. The summed E-state index contributed by atoms with van der Waals surface area (Å²) in [5.41, 5.74) is 6.91. The van der Waals surface area contributed by atoms with E-state index in [9.17, 15) is 0 Å². The number of ether oxygens (including phenoxy) is 1. The molecule has 0 aromatic heterocycles. The summed E-state index contributed by atoms with van der Waals surface area (Å²) >= 11 is 0. The molecule has 82 valence electrons. The van der Waals surface area contributed by atoms with Crippen molar-refractivity contribution >= 4 is 0 Å². The van der Waals surface area contributed by atoms with Crippen LogP contribution in [0.5, 0.6) is 0 Å². The van der Waals surface area contributed by atoms with Crippen LogP contribution >= 0.6 is 0 Å². The molecule has 0 aromatic carbocycles. The lowest BCUT2D eigenvalue weighted by atomic mass is 9.97. The van der Waals surface area contributed by atoms with Crippen LogP contribution in [0.1, 0.15) is 32.6 Å². The van der Waals surface area contributed by atoms with Crippen LogP contribution in [-0.2, 0) is 4.74 Å². The quantitative estimate of drug-likeness (QED) is 0.524. The first kappa shape index (κ1) is 11.7. The third kappa shape index (κ3) is 3.81. The normalized spacial score (nSPS) is 26.7. The zero-order valence-electron chi connectivity index (χ0n) is 9.30. The topological polar surface area (TPSA) is 35.2 Å². The van der Waals surface area contributed by atoms with Crippen LogP contribution in [-0.4, -0.2) is 19.8 Å². The van der Waals surface area contributed by atoms with Crippen LogP contribution in [0.4, 0.5) is 0 Å². The Morgan fingerprint density at radius 3 is 2.79 bits per heavy atom. The van der Waals surface area contributed by atoms with Gasteiger partial charge >= 0.3 is 0 Å². The summed E-state index contributed by atoms with van der Waals surface area (Å²) in [7, 11) is 0. The zero-order valence-corrected chi connectivity index (χ0v) is 9.30. The van der Waals surface area contributed by atoms with Crippen LogP contribution < -0.4 is 5.73 Å². The molecule has 1 aliphatic carbocycles. The highest BCUT2D eigenvalue weighted by Gasteiger charge is 2.25. The van der Waals surface area contributed by atoms with Gasteiger partial charge in [-0.05, 0) is 44.6 Å². The Bertz CT molecular complexity index is 179.